The fraction of sp³-hybridized carbons (Fsp3) is 0.167. The highest BCUT2D eigenvalue weighted by molar-refractivity contribution is 5.98. The van der Waals surface area contributed by atoms with Crippen LogP contribution in [0.3, 0.4) is 0 Å². The van der Waals surface area contributed by atoms with E-state index in [1.165, 1.54) is 24.3 Å². The molecule has 6 nitrogen and oxygen atoms in total. The second-order valence-corrected chi connectivity index (χ2v) is 3.65. The number of aromatic nitrogens is 3. The minimum Gasteiger partial charge on any atom is -0.427 e. The maximum atomic E-state index is 10.8. The summed E-state index contributed by atoms with van der Waals surface area (Å²) in [5.74, 6) is 0.181. The van der Waals surface area contributed by atoms with Crippen molar-refractivity contribution in [3.63, 3.8) is 0 Å². The van der Waals surface area contributed by atoms with E-state index in [1.54, 1.807) is 12.1 Å². The van der Waals surface area contributed by atoms with Gasteiger partial charge in [-0.05, 0) is 36.8 Å². The quantitative estimate of drug-likeness (QED) is 0.466. The average molecular weight is 244 g/mol. The van der Waals surface area contributed by atoms with Crippen molar-refractivity contribution in [3.8, 4) is 5.75 Å². The molecular formula is C12H12N4O2. The van der Waals surface area contributed by atoms with Gasteiger partial charge in [0, 0.05) is 6.92 Å². The van der Waals surface area contributed by atoms with Crippen molar-refractivity contribution in [2.24, 2.45) is 5.10 Å². The predicted molar refractivity (Wildman–Crippen MR) is 65.4 cm³/mol. The molecule has 2 aromatic rings. The number of benzene rings is 1. The molecule has 1 aromatic heterocycles. The minimum atomic E-state index is -0.336. The highest BCUT2D eigenvalue weighted by Crippen LogP contribution is 2.13. The second-order valence-electron chi connectivity index (χ2n) is 3.65. The Balaban J connectivity index is 2.16. The molecule has 0 saturated carbocycles. The zero-order chi connectivity index (χ0) is 13.0. The van der Waals surface area contributed by atoms with Crippen LogP contribution < -0.4 is 4.74 Å². The molecule has 0 amide bonds. The van der Waals surface area contributed by atoms with Crippen molar-refractivity contribution in [1.29, 1.82) is 0 Å². The molecule has 18 heavy (non-hydrogen) atoms. The van der Waals surface area contributed by atoms with Crippen molar-refractivity contribution in [2.45, 2.75) is 13.8 Å². The zero-order valence-electron chi connectivity index (χ0n) is 10.1. The average Bonchev–Trinajstić information content (AvgIpc) is 2.82. The molecule has 0 atom stereocenters. The summed E-state index contributed by atoms with van der Waals surface area (Å²) in [5, 5.41) is 11.6. The monoisotopic (exact) mass is 244 g/mol. The number of hydrogen-bond acceptors (Lipinski definition) is 5. The van der Waals surface area contributed by atoms with Gasteiger partial charge < -0.3 is 4.74 Å². The molecule has 6 heteroatoms. The van der Waals surface area contributed by atoms with E-state index in [2.05, 4.69) is 15.3 Å². The lowest BCUT2D eigenvalue weighted by Gasteiger charge is -2.03. The van der Waals surface area contributed by atoms with Gasteiger partial charge in [-0.3, -0.25) is 4.79 Å². The summed E-state index contributed by atoms with van der Waals surface area (Å²) < 4.78 is 6.47. The molecule has 0 unspecified atom stereocenters. The molecule has 0 saturated heterocycles. The topological polar surface area (TPSA) is 69.4 Å². The molecule has 0 N–H and O–H groups in total. The Bertz CT molecular complexity index is 558. The van der Waals surface area contributed by atoms with E-state index in [9.17, 15) is 4.79 Å². The van der Waals surface area contributed by atoms with Crippen molar-refractivity contribution in [1.82, 2.24) is 14.9 Å². The fourth-order valence-corrected chi connectivity index (χ4v) is 1.41. The summed E-state index contributed by atoms with van der Waals surface area (Å²) in [5.41, 5.74) is 1.74. The van der Waals surface area contributed by atoms with Gasteiger partial charge in [0.25, 0.3) is 0 Å². The molecule has 92 valence electrons. The van der Waals surface area contributed by atoms with Gasteiger partial charge in [-0.15, -0.1) is 10.2 Å². The van der Waals surface area contributed by atoms with Crippen LogP contribution in [0.2, 0.25) is 0 Å². The summed E-state index contributed by atoms with van der Waals surface area (Å²) in [6.07, 6.45) is 3.02. The molecule has 0 aliphatic rings. The first-order valence-electron chi connectivity index (χ1n) is 5.34. The van der Waals surface area contributed by atoms with Crippen LogP contribution in [0.15, 0.2) is 42.0 Å². The number of carbonyl (C=O) groups excluding carboxylic acids is 1. The largest absolute Gasteiger partial charge is 0.427 e. The van der Waals surface area contributed by atoms with E-state index in [-0.39, 0.29) is 5.97 Å². The SMILES string of the molecule is CC(=O)Oc1ccc(/C(C)=N\n2cnnc2)cc1. The van der Waals surface area contributed by atoms with E-state index < -0.39 is 0 Å². The highest BCUT2D eigenvalue weighted by Gasteiger charge is 2.01. The minimum absolute atomic E-state index is 0.336. The third kappa shape index (κ3) is 3.00. The Kier molecular flexibility index (Phi) is 3.47. The molecule has 1 heterocycles. The second kappa shape index (κ2) is 5.22. The van der Waals surface area contributed by atoms with Crippen molar-refractivity contribution in [3.05, 3.63) is 42.5 Å². The number of hydrogen-bond donors (Lipinski definition) is 0. The van der Waals surface area contributed by atoms with Gasteiger partial charge in [-0.25, -0.2) is 4.68 Å². The van der Waals surface area contributed by atoms with Crippen LogP contribution in [-0.4, -0.2) is 26.6 Å². The Morgan fingerprint density at radius 2 is 1.78 bits per heavy atom. The van der Waals surface area contributed by atoms with Crippen LogP contribution in [-0.2, 0) is 4.79 Å². The van der Waals surface area contributed by atoms with E-state index in [4.69, 9.17) is 4.74 Å². The first kappa shape index (κ1) is 12.0. The molecule has 0 aliphatic heterocycles. The van der Waals surface area contributed by atoms with E-state index in [0.717, 1.165) is 11.3 Å². The third-order valence-electron chi connectivity index (χ3n) is 2.21. The summed E-state index contributed by atoms with van der Waals surface area (Å²) in [6, 6.07) is 7.12. The summed E-state index contributed by atoms with van der Waals surface area (Å²) in [6.45, 7) is 3.24. The molecule has 0 fully saturated rings. The maximum absolute atomic E-state index is 10.8. The van der Waals surface area contributed by atoms with E-state index in [0.29, 0.717) is 5.75 Å². The normalized spacial score (nSPS) is 11.3. The lowest BCUT2D eigenvalue weighted by Crippen LogP contribution is -2.02. The van der Waals surface area contributed by atoms with E-state index in [1.807, 2.05) is 19.1 Å². The van der Waals surface area contributed by atoms with Gasteiger partial charge >= 0.3 is 5.97 Å². The summed E-state index contributed by atoms with van der Waals surface area (Å²) in [4.78, 5) is 10.8. The van der Waals surface area contributed by atoms with Gasteiger partial charge in [-0.1, -0.05) is 0 Å². The number of ether oxygens (including phenoxy) is 1. The number of rotatable bonds is 3. The molecule has 2 rings (SSSR count). The molecule has 0 bridgehead atoms. The Morgan fingerprint density at radius 1 is 1.17 bits per heavy atom. The first-order chi connectivity index (χ1) is 8.65. The number of carbonyl (C=O) groups is 1. The molecule has 0 radical (unpaired) electrons. The van der Waals surface area contributed by atoms with Gasteiger partial charge in [-0.2, -0.15) is 5.10 Å². The third-order valence-corrected chi connectivity index (χ3v) is 2.21. The Hall–Kier alpha value is -2.50. The maximum Gasteiger partial charge on any atom is 0.308 e. The van der Waals surface area contributed by atoms with Crippen LogP contribution in [0.5, 0.6) is 5.75 Å². The highest BCUT2D eigenvalue weighted by atomic mass is 16.5. The lowest BCUT2D eigenvalue weighted by atomic mass is 10.1. The number of esters is 1. The smallest absolute Gasteiger partial charge is 0.308 e. The Labute approximate surface area is 104 Å². The zero-order valence-corrected chi connectivity index (χ0v) is 10.1. The van der Waals surface area contributed by atoms with Gasteiger partial charge in [0.2, 0.25) is 0 Å². The molecule has 1 aromatic carbocycles. The van der Waals surface area contributed by atoms with Crippen LogP contribution in [0.4, 0.5) is 0 Å². The predicted octanol–water partition coefficient (Wildman–Crippen LogP) is 1.48. The van der Waals surface area contributed by atoms with Crippen LogP contribution >= 0.6 is 0 Å². The Morgan fingerprint density at radius 3 is 2.33 bits per heavy atom. The van der Waals surface area contributed by atoms with Crippen LogP contribution in [0.1, 0.15) is 19.4 Å². The first-order valence-corrected chi connectivity index (χ1v) is 5.34. The van der Waals surface area contributed by atoms with Crippen molar-refractivity contribution in [2.75, 3.05) is 0 Å². The van der Waals surface area contributed by atoms with E-state index >= 15 is 0 Å². The lowest BCUT2D eigenvalue weighted by molar-refractivity contribution is -0.131. The van der Waals surface area contributed by atoms with Crippen LogP contribution in [0.25, 0.3) is 0 Å². The molecular weight excluding hydrogens is 232 g/mol. The summed E-state index contributed by atoms with van der Waals surface area (Å²) in [7, 11) is 0. The number of nitrogens with zero attached hydrogens (tertiary/aromatic N) is 4. The van der Waals surface area contributed by atoms with Crippen molar-refractivity contribution >= 4 is 11.7 Å². The van der Waals surface area contributed by atoms with Gasteiger partial charge in [0.15, 0.2) is 0 Å². The fourth-order valence-electron chi connectivity index (χ4n) is 1.41. The molecule has 0 aliphatic carbocycles. The van der Waals surface area contributed by atoms with Crippen LogP contribution in [0, 0.1) is 0 Å². The standard InChI is InChI=1S/C12H12N4O2/c1-9(15-16-7-13-14-8-16)11-3-5-12(6-4-11)18-10(2)17/h3-8H,1-2H3/b15-9-. The molecule has 0 spiro atoms. The van der Waals surface area contributed by atoms with Crippen molar-refractivity contribution < 1.29 is 9.53 Å². The van der Waals surface area contributed by atoms with Gasteiger partial charge in [0.05, 0.1) is 5.71 Å². The van der Waals surface area contributed by atoms with Gasteiger partial charge in [0.1, 0.15) is 18.4 Å². The summed E-state index contributed by atoms with van der Waals surface area (Å²) >= 11 is 0.